The average molecular weight is 246 g/mol. The van der Waals surface area contributed by atoms with Crippen molar-refractivity contribution in [3.8, 4) is 0 Å². The largest absolute Gasteiger partial charge is 0.516 e. The lowest BCUT2D eigenvalue weighted by molar-refractivity contribution is 0.470. The molecule has 0 saturated heterocycles. The SMILES string of the molecule is OC=CC(Cl)C(Cl)CCCCCCl. The molecule has 0 aromatic carbocycles. The summed E-state index contributed by atoms with van der Waals surface area (Å²) < 4.78 is 0. The van der Waals surface area contributed by atoms with Crippen LogP contribution in [-0.2, 0) is 0 Å². The lowest BCUT2D eigenvalue weighted by atomic mass is 10.1. The van der Waals surface area contributed by atoms with Gasteiger partial charge in [-0.2, -0.15) is 0 Å². The minimum absolute atomic E-state index is 0.111. The predicted molar refractivity (Wildman–Crippen MR) is 60.2 cm³/mol. The van der Waals surface area contributed by atoms with Crippen LogP contribution in [0, 0.1) is 0 Å². The Labute approximate surface area is 94.7 Å². The Morgan fingerprint density at radius 2 is 1.85 bits per heavy atom. The Morgan fingerprint density at radius 3 is 2.38 bits per heavy atom. The van der Waals surface area contributed by atoms with E-state index in [9.17, 15) is 0 Å². The van der Waals surface area contributed by atoms with Gasteiger partial charge in [0.15, 0.2) is 0 Å². The maximum atomic E-state index is 8.45. The van der Waals surface area contributed by atoms with Crippen LogP contribution in [0.15, 0.2) is 12.3 Å². The summed E-state index contributed by atoms with van der Waals surface area (Å²) in [5.41, 5.74) is 0. The number of halogens is 3. The molecule has 2 unspecified atom stereocenters. The van der Waals surface area contributed by atoms with Gasteiger partial charge in [-0.25, -0.2) is 0 Å². The second-order valence-electron chi connectivity index (χ2n) is 2.84. The van der Waals surface area contributed by atoms with Gasteiger partial charge in [0.2, 0.25) is 0 Å². The highest BCUT2D eigenvalue weighted by Crippen LogP contribution is 2.18. The molecule has 0 radical (unpaired) electrons. The predicted octanol–water partition coefficient (Wildman–Crippen LogP) is 4.07. The maximum Gasteiger partial charge on any atom is 0.0767 e. The highest BCUT2D eigenvalue weighted by atomic mass is 35.5. The van der Waals surface area contributed by atoms with E-state index in [0.29, 0.717) is 5.88 Å². The van der Waals surface area contributed by atoms with E-state index in [1.54, 1.807) is 0 Å². The summed E-state index contributed by atoms with van der Waals surface area (Å²) in [6, 6.07) is 0. The van der Waals surface area contributed by atoms with Gasteiger partial charge in [-0.05, 0) is 18.9 Å². The molecule has 0 aliphatic heterocycles. The van der Waals surface area contributed by atoms with Crippen molar-refractivity contribution in [2.24, 2.45) is 0 Å². The van der Waals surface area contributed by atoms with E-state index in [4.69, 9.17) is 39.9 Å². The van der Waals surface area contributed by atoms with Crippen LogP contribution in [0.3, 0.4) is 0 Å². The van der Waals surface area contributed by atoms with Gasteiger partial charge in [0.25, 0.3) is 0 Å². The molecular formula is C9H15Cl3O. The van der Waals surface area contributed by atoms with E-state index >= 15 is 0 Å². The minimum atomic E-state index is -0.289. The Morgan fingerprint density at radius 1 is 1.15 bits per heavy atom. The Bertz CT molecular complexity index is 139. The smallest absolute Gasteiger partial charge is 0.0767 e. The van der Waals surface area contributed by atoms with Crippen molar-refractivity contribution in [1.29, 1.82) is 0 Å². The van der Waals surface area contributed by atoms with Crippen LogP contribution in [0.25, 0.3) is 0 Å². The van der Waals surface area contributed by atoms with Crippen LogP contribution in [0.5, 0.6) is 0 Å². The van der Waals surface area contributed by atoms with Crippen molar-refractivity contribution >= 4 is 34.8 Å². The van der Waals surface area contributed by atoms with Gasteiger partial charge in [0.1, 0.15) is 0 Å². The van der Waals surface area contributed by atoms with E-state index in [1.807, 2.05) is 0 Å². The molecule has 0 aromatic rings. The number of aliphatic hydroxyl groups is 1. The number of rotatable bonds is 7. The standard InChI is InChI=1S/C9H15Cl3O/c10-6-3-1-2-4-8(11)9(12)5-7-13/h5,7-9,13H,1-4,6H2. The van der Waals surface area contributed by atoms with Gasteiger partial charge in [-0.3, -0.25) is 0 Å². The van der Waals surface area contributed by atoms with Gasteiger partial charge < -0.3 is 5.11 Å². The number of hydrogen-bond acceptors (Lipinski definition) is 1. The average Bonchev–Trinajstić information content (AvgIpc) is 2.12. The quantitative estimate of drug-likeness (QED) is 0.407. The number of allylic oxidation sites excluding steroid dienone is 1. The topological polar surface area (TPSA) is 20.2 Å². The van der Waals surface area contributed by atoms with Gasteiger partial charge in [0.05, 0.1) is 17.0 Å². The summed E-state index contributed by atoms with van der Waals surface area (Å²) in [5.74, 6) is 0.702. The molecule has 0 amide bonds. The van der Waals surface area contributed by atoms with E-state index < -0.39 is 0 Å². The summed E-state index contributed by atoms with van der Waals surface area (Å²) in [6.45, 7) is 0. The first-order valence-electron chi connectivity index (χ1n) is 4.37. The third kappa shape index (κ3) is 7.48. The number of hydrogen-bond donors (Lipinski definition) is 1. The molecule has 0 fully saturated rings. The molecule has 1 nitrogen and oxygen atoms in total. The zero-order valence-electron chi connectivity index (χ0n) is 7.43. The normalized spacial score (nSPS) is 16.2. The number of alkyl halides is 3. The fourth-order valence-electron chi connectivity index (χ4n) is 0.973. The first-order valence-corrected chi connectivity index (χ1v) is 5.78. The second kappa shape index (κ2) is 8.98. The molecular weight excluding hydrogens is 230 g/mol. The minimum Gasteiger partial charge on any atom is -0.516 e. The summed E-state index contributed by atoms with van der Waals surface area (Å²) in [7, 11) is 0. The van der Waals surface area contributed by atoms with E-state index in [-0.39, 0.29) is 10.8 Å². The molecule has 0 bridgehead atoms. The van der Waals surface area contributed by atoms with Crippen molar-refractivity contribution in [1.82, 2.24) is 0 Å². The van der Waals surface area contributed by atoms with Crippen LogP contribution < -0.4 is 0 Å². The molecule has 1 N–H and O–H groups in total. The molecule has 2 atom stereocenters. The van der Waals surface area contributed by atoms with Crippen molar-refractivity contribution in [2.75, 3.05) is 5.88 Å². The molecule has 0 aliphatic carbocycles. The van der Waals surface area contributed by atoms with Crippen LogP contribution in [-0.4, -0.2) is 21.7 Å². The summed E-state index contributed by atoms with van der Waals surface area (Å²) in [6.07, 6.45) is 6.42. The molecule has 0 spiro atoms. The summed E-state index contributed by atoms with van der Waals surface area (Å²) in [5, 5.41) is 8.05. The van der Waals surface area contributed by atoms with Crippen molar-refractivity contribution in [2.45, 2.75) is 36.4 Å². The Hall–Kier alpha value is 0.410. The molecule has 78 valence electrons. The third-order valence-corrected chi connectivity index (χ3v) is 3.06. The molecule has 13 heavy (non-hydrogen) atoms. The van der Waals surface area contributed by atoms with Crippen LogP contribution in [0.1, 0.15) is 25.7 Å². The Kier molecular flexibility index (Phi) is 9.27. The van der Waals surface area contributed by atoms with Crippen LogP contribution in [0.4, 0.5) is 0 Å². The highest BCUT2D eigenvalue weighted by molar-refractivity contribution is 6.30. The van der Waals surface area contributed by atoms with Gasteiger partial charge in [-0.15, -0.1) is 34.8 Å². The van der Waals surface area contributed by atoms with Crippen molar-refractivity contribution < 1.29 is 5.11 Å². The second-order valence-corrected chi connectivity index (χ2v) is 4.28. The molecule has 0 heterocycles. The van der Waals surface area contributed by atoms with Crippen molar-refractivity contribution in [3.05, 3.63) is 12.3 Å². The van der Waals surface area contributed by atoms with Crippen molar-refractivity contribution in [3.63, 3.8) is 0 Å². The van der Waals surface area contributed by atoms with E-state index in [0.717, 1.165) is 31.9 Å². The van der Waals surface area contributed by atoms with Crippen LogP contribution >= 0.6 is 34.8 Å². The molecule has 0 saturated carbocycles. The van der Waals surface area contributed by atoms with E-state index in [1.165, 1.54) is 6.08 Å². The molecule has 0 aromatic heterocycles. The molecule has 0 aliphatic rings. The first kappa shape index (κ1) is 13.4. The lowest BCUT2D eigenvalue weighted by Crippen LogP contribution is -2.12. The highest BCUT2D eigenvalue weighted by Gasteiger charge is 2.12. The zero-order valence-corrected chi connectivity index (χ0v) is 9.69. The van der Waals surface area contributed by atoms with Crippen LogP contribution in [0.2, 0.25) is 0 Å². The maximum absolute atomic E-state index is 8.45. The fourth-order valence-corrected chi connectivity index (χ4v) is 1.59. The molecule has 4 heteroatoms. The summed E-state index contributed by atoms with van der Waals surface area (Å²) in [4.78, 5) is 0. The monoisotopic (exact) mass is 244 g/mol. The lowest BCUT2D eigenvalue weighted by Gasteiger charge is -2.11. The number of unbranched alkanes of at least 4 members (excludes halogenated alkanes) is 2. The van der Waals surface area contributed by atoms with Gasteiger partial charge in [-0.1, -0.05) is 12.8 Å². The third-order valence-electron chi connectivity index (χ3n) is 1.73. The number of aliphatic hydroxyl groups excluding tert-OH is 1. The van der Waals surface area contributed by atoms with Gasteiger partial charge in [0, 0.05) is 5.88 Å². The first-order chi connectivity index (χ1) is 6.22. The fraction of sp³-hybridized carbons (Fsp3) is 0.778. The Balaban J connectivity index is 3.43. The van der Waals surface area contributed by atoms with E-state index in [2.05, 4.69) is 0 Å². The van der Waals surface area contributed by atoms with Gasteiger partial charge >= 0.3 is 0 Å². The molecule has 0 rings (SSSR count). The zero-order chi connectivity index (χ0) is 10.1. The summed E-state index contributed by atoms with van der Waals surface area (Å²) >= 11 is 17.3.